The van der Waals surface area contributed by atoms with Crippen molar-refractivity contribution < 1.29 is 14.9 Å². The zero-order chi connectivity index (χ0) is 22.6. The smallest absolute Gasteiger partial charge is 0.132 e. The lowest BCUT2D eigenvalue weighted by Crippen LogP contribution is -2.27. The maximum Gasteiger partial charge on any atom is 0.132 e. The molecule has 2 aliphatic rings. The molecule has 3 aromatic carbocycles. The summed E-state index contributed by atoms with van der Waals surface area (Å²) in [4.78, 5) is 0. The van der Waals surface area contributed by atoms with Crippen LogP contribution in [0.25, 0.3) is 0 Å². The number of hydrazone groups is 1. The SMILES string of the molecule is Oc1ccc(C2COc3cc(O)ccc3/C2=N\Nc2ccc(CC3CCCCC3)cc2)cc1. The number of nitrogens with one attached hydrogen (secondary N) is 1. The van der Waals surface area contributed by atoms with E-state index < -0.39 is 0 Å². The monoisotopic (exact) mass is 442 g/mol. The zero-order valence-electron chi connectivity index (χ0n) is 18.7. The lowest BCUT2D eigenvalue weighted by atomic mass is 9.85. The van der Waals surface area contributed by atoms with Gasteiger partial charge in [0, 0.05) is 11.6 Å². The van der Waals surface area contributed by atoms with Crippen LogP contribution >= 0.6 is 0 Å². The van der Waals surface area contributed by atoms with Gasteiger partial charge in [0.05, 0.1) is 17.3 Å². The van der Waals surface area contributed by atoms with E-state index in [0.717, 1.165) is 34.9 Å². The highest BCUT2D eigenvalue weighted by molar-refractivity contribution is 6.08. The summed E-state index contributed by atoms with van der Waals surface area (Å²) in [6.45, 7) is 0.405. The zero-order valence-corrected chi connectivity index (χ0v) is 18.7. The topological polar surface area (TPSA) is 74.1 Å². The van der Waals surface area contributed by atoms with E-state index in [1.54, 1.807) is 24.3 Å². The van der Waals surface area contributed by atoms with Gasteiger partial charge in [0.2, 0.25) is 0 Å². The van der Waals surface area contributed by atoms with Gasteiger partial charge in [0.25, 0.3) is 0 Å². The molecule has 33 heavy (non-hydrogen) atoms. The number of hydrogen-bond acceptors (Lipinski definition) is 5. The third-order valence-corrected chi connectivity index (χ3v) is 6.78. The highest BCUT2D eigenvalue weighted by Crippen LogP contribution is 2.36. The van der Waals surface area contributed by atoms with Crippen LogP contribution in [0.4, 0.5) is 5.69 Å². The van der Waals surface area contributed by atoms with Crippen LogP contribution in [0.15, 0.2) is 71.8 Å². The Hall–Kier alpha value is -3.47. The molecule has 0 spiro atoms. The Bertz CT molecular complexity index is 1120. The first kappa shape index (κ1) is 21.4. The van der Waals surface area contributed by atoms with E-state index in [9.17, 15) is 10.2 Å². The fourth-order valence-electron chi connectivity index (χ4n) is 4.95. The molecule has 3 N–H and O–H groups in total. The van der Waals surface area contributed by atoms with Gasteiger partial charge in [-0.15, -0.1) is 0 Å². The molecular formula is C28H30N2O3. The van der Waals surface area contributed by atoms with Crippen LogP contribution in [0.2, 0.25) is 0 Å². The molecule has 5 heteroatoms. The number of nitrogens with zero attached hydrogens (tertiary/aromatic N) is 1. The molecule has 5 nitrogen and oxygen atoms in total. The summed E-state index contributed by atoms with van der Waals surface area (Å²) in [6.07, 6.45) is 7.98. The van der Waals surface area contributed by atoms with Crippen molar-refractivity contribution in [3.05, 3.63) is 83.4 Å². The van der Waals surface area contributed by atoms with Crippen molar-refractivity contribution in [2.24, 2.45) is 11.0 Å². The van der Waals surface area contributed by atoms with Gasteiger partial charge < -0.3 is 14.9 Å². The second-order valence-corrected chi connectivity index (χ2v) is 9.15. The van der Waals surface area contributed by atoms with Crippen molar-refractivity contribution in [3.63, 3.8) is 0 Å². The van der Waals surface area contributed by atoms with Gasteiger partial charge in [-0.3, -0.25) is 5.43 Å². The molecule has 1 heterocycles. The van der Waals surface area contributed by atoms with Gasteiger partial charge in [-0.2, -0.15) is 5.10 Å². The van der Waals surface area contributed by atoms with E-state index in [0.29, 0.717) is 12.4 Å². The average molecular weight is 443 g/mol. The molecular weight excluding hydrogens is 412 g/mol. The summed E-state index contributed by atoms with van der Waals surface area (Å²) >= 11 is 0. The van der Waals surface area contributed by atoms with Crippen molar-refractivity contribution in [2.45, 2.75) is 44.4 Å². The summed E-state index contributed by atoms with van der Waals surface area (Å²) in [5.41, 5.74) is 8.25. The number of benzene rings is 3. The Morgan fingerprint density at radius 3 is 2.33 bits per heavy atom. The van der Waals surface area contributed by atoms with Crippen LogP contribution < -0.4 is 10.2 Å². The normalized spacial score (nSPS) is 19.6. The first-order chi connectivity index (χ1) is 16.2. The molecule has 0 radical (unpaired) electrons. The van der Waals surface area contributed by atoms with E-state index in [1.807, 2.05) is 18.2 Å². The molecule has 3 aromatic rings. The molecule has 0 amide bonds. The number of fused-ring (bicyclic) bond motifs is 1. The quantitative estimate of drug-likeness (QED) is 0.411. The molecule has 1 saturated carbocycles. The summed E-state index contributed by atoms with van der Waals surface area (Å²) in [5, 5.41) is 24.4. The molecule has 1 atom stereocenters. The molecule has 170 valence electrons. The van der Waals surface area contributed by atoms with Gasteiger partial charge in [-0.25, -0.2) is 0 Å². The third kappa shape index (κ3) is 4.98. The van der Waals surface area contributed by atoms with E-state index >= 15 is 0 Å². The van der Waals surface area contributed by atoms with Crippen LogP contribution in [0.1, 0.15) is 54.7 Å². The highest BCUT2D eigenvalue weighted by atomic mass is 16.5. The maximum absolute atomic E-state index is 9.88. The lowest BCUT2D eigenvalue weighted by Gasteiger charge is -2.27. The van der Waals surface area contributed by atoms with Gasteiger partial charge >= 0.3 is 0 Å². The van der Waals surface area contributed by atoms with E-state index in [2.05, 4.69) is 29.7 Å². The van der Waals surface area contributed by atoms with E-state index in [4.69, 9.17) is 9.84 Å². The van der Waals surface area contributed by atoms with Crippen LogP contribution in [0.3, 0.4) is 0 Å². The minimum Gasteiger partial charge on any atom is -0.508 e. The summed E-state index contributed by atoms with van der Waals surface area (Å²) in [6, 6.07) is 20.8. The number of ether oxygens (including phenoxy) is 1. The van der Waals surface area contributed by atoms with Crippen LogP contribution in [-0.2, 0) is 6.42 Å². The molecule has 0 aromatic heterocycles. The predicted molar refractivity (Wildman–Crippen MR) is 131 cm³/mol. The Morgan fingerprint density at radius 2 is 1.58 bits per heavy atom. The van der Waals surface area contributed by atoms with Crippen LogP contribution in [0.5, 0.6) is 17.2 Å². The lowest BCUT2D eigenvalue weighted by molar-refractivity contribution is 0.300. The second-order valence-electron chi connectivity index (χ2n) is 9.15. The molecule has 1 aliphatic heterocycles. The number of phenolic OH excluding ortho intramolecular Hbond substituents is 2. The van der Waals surface area contributed by atoms with Crippen LogP contribution in [0, 0.1) is 5.92 Å². The largest absolute Gasteiger partial charge is 0.508 e. The molecule has 1 unspecified atom stereocenters. The Balaban J connectivity index is 1.38. The van der Waals surface area contributed by atoms with E-state index in [-0.39, 0.29) is 17.4 Å². The van der Waals surface area contributed by atoms with Crippen molar-refractivity contribution in [3.8, 4) is 17.2 Å². The van der Waals surface area contributed by atoms with Gasteiger partial charge in [0.15, 0.2) is 0 Å². The van der Waals surface area contributed by atoms with E-state index in [1.165, 1.54) is 37.7 Å². The first-order valence-electron chi connectivity index (χ1n) is 11.8. The van der Waals surface area contributed by atoms with Gasteiger partial charge in [-0.1, -0.05) is 56.4 Å². The number of hydrogen-bond donors (Lipinski definition) is 3. The predicted octanol–water partition coefficient (Wildman–Crippen LogP) is 6.21. The first-order valence-corrected chi connectivity index (χ1v) is 11.8. The maximum atomic E-state index is 9.88. The van der Waals surface area contributed by atoms with Crippen molar-refractivity contribution in [1.29, 1.82) is 0 Å². The van der Waals surface area contributed by atoms with Crippen LogP contribution in [-0.4, -0.2) is 22.5 Å². The molecule has 0 saturated heterocycles. The standard InChI is InChI=1S/C28H30N2O3/c31-23-12-8-21(9-13-23)26-18-33-27-17-24(32)14-15-25(27)28(26)30-29-22-10-6-20(7-11-22)16-19-4-2-1-3-5-19/h6-15,17,19,26,29,31-32H,1-5,16,18H2/b30-28+. The van der Waals surface area contributed by atoms with Gasteiger partial charge in [-0.05, 0) is 59.9 Å². The highest BCUT2D eigenvalue weighted by Gasteiger charge is 2.29. The summed E-state index contributed by atoms with van der Waals surface area (Å²) in [7, 11) is 0. The fraction of sp³-hybridized carbons (Fsp3) is 0.321. The fourth-order valence-corrected chi connectivity index (χ4v) is 4.95. The molecule has 5 rings (SSSR count). The summed E-state index contributed by atoms with van der Waals surface area (Å²) in [5.74, 6) is 1.73. The number of rotatable bonds is 5. The van der Waals surface area contributed by atoms with Crippen molar-refractivity contribution in [2.75, 3.05) is 12.0 Å². The van der Waals surface area contributed by atoms with Gasteiger partial charge in [0.1, 0.15) is 23.9 Å². The minimum absolute atomic E-state index is 0.0966. The molecule has 1 aliphatic carbocycles. The Labute approximate surface area is 194 Å². The third-order valence-electron chi connectivity index (χ3n) is 6.78. The molecule has 0 bridgehead atoms. The molecule has 1 fully saturated rings. The second kappa shape index (κ2) is 9.57. The number of anilines is 1. The minimum atomic E-state index is -0.0966. The Kier molecular flexibility index (Phi) is 6.20. The number of aromatic hydroxyl groups is 2. The summed E-state index contributed by atoms with van der Waals surface area (Å²) < 4.78 is 5.94. The van der Waals surface area contributed by atoms with Crippen molar-refractivity contribution >= 4 is 11.4 Å². The average Bonchev–Trinajstić information content (AvgIpc) is 2.84. The van der Waals surface area contributed by atoms with Crippen molar-refractivity contribution in [1.82, 2.24) is 0 Å². The Morgan fingerprint density at radius 1 is 0.848 bits per heavy atom. The number of phenols is 2.